The minimum Gasteiger partial charge on any atom is -0.381 e. The van der Waals surface area contributed by atoms with Crippen LogP contribution in [0, 0.1) is 5.41 Å². The lowest BCUT2D eigenvalue weighted by Crippen LogP contribution is -2.43. The maximum atomic E-state index is 5.58. The van der Waals surface area contributed by atoms with Crippen molar-refractivity contribution in [2.24, 2.45) is 10.4 Å². The van der Waals surface area contributed by atoms with Crippen LogP contribution in [0.5, 0.6) is 0 Å². The molecule has 0 aliphatic carbocycles. The molecule has 0 aromatic carbocycles. The van der Waals surface area contributed by atoms with Gasteiger partial charge >= 0.3 is 0 Å². The molecule has 0 aromatic rings. The largest absolute Gasteiger partial charge is 0.381 e. The smallest absolute Gasteiger partial charge is 0.193 e. The molecule has 0 aromatic heterocycles. The van der Waals surface area contributed by atoms with Gasteiger partial charge in [0.1, 0.15) is 0 Å². The molecule has 20 heavy (non-hydrogen) atoms. The molecule has 2 rings (SSSR count). The van der Waals surface area contributed by atoms with Crippen LogP contribution in [0.4, 0.5) is 0 Å². The van der Waals surface area contributed by atoms with Gasteiger partial charge in [0.15, 0.2) is 5.96 Å². The second kappa shape index (κ2) is 8.38. The van der Waals surface area contributed by atoms with Gasteiger partial charge in [-0.3, -0.25) is 4.99 Å². The van der Waals surface area contributed by atoms with E-state index in [0.29, 0.717) is 5.41 Å². The highest BCUT2D eigenvalue weighted by Crippen LogP contribution is 2.37. The Labute approximate surface area is 140 Å². The molecule has 1 unspecified atom stereocenters. The van der Waals surface area contributed by atoms with Crippen LogP contribution in [0.15, 0.2) is 4.99 Å². The van der Waals surface area contributed by atoms with Crippen molar-refractivity contribution in [1.82, 2.24) is 15.1 Å². The molecule has 1 atom stereocenters. The number of hydrogen-bond acceptors (Lipinski definition) is 3. The van der Waals surface area contributed by atoms with Gasteiger partial charge in [0, 0.05) is 45.2 Å². The van der Waals surface area contributed by atoms with Gasteiger partial charge in [-0.1, -0.05) is 6.92 Å². The fourth-order valence-corrected chi connectivity index (χ4v) is 2.94. The molecule has 0 saturated carbocycles. The van der Waals surface area contributed by atoms with Crippen LogP contribution in [0.1, 0.15) is 19.8 Å². The lowest BCUT2D eigenvalue weighted by molar-refractivity contribution is 0.156. The number of nitrogens with one attached hydrogen (secondary N) is 1. The maximum Gasteiger partial charge on any atom is 0.193 e. The van der Waals surface area contributed by atoms with Gasteiger partial charge in [0.05, 0.1) is 6.61 Å². The molecule has 2 aliphatic rings. The fourth-order valence-electron chi connectivity index (χ4n) is 2.94. The van der Waals surface area contributed by atoms with Crippen molar-refractivity contribution in [2.75, 3.05) is 60.0 Å². The van der Waals surface area contributed by atoms with Crippen molar-refractivity contribution in [3.8, 4) is 0 Å². The standard InChI is InChI=1S/C14H28N4O.HI/c1-4-17(3)9-7-16-13(15-2)18-8-5-14(11-18)6-10-19-12-14;/h4-12H2,1-3H3,(H,15,16);1H. The Morgan fingerprint density at radius 2 is 2.25 bits per heavy atom. The van der Waals surface area contributed by atoms with E-state index in [9.17, 15) is 0 Å². The SMILES string of the molecule is CCN(C)CCNC(=NC)N1CCC2(CCOC2)C1.I. The van der Waals surface area contributed by atoms with E-state index < -0.39 is 0 Å². The highest BCUT2D eigenvalue weighted by Gasteiger charge is 2.42. The summed E-state index contributed by atoms with van der Waals surface area (Å²) in [6, 6.07) is 0. The maximum absolute atomic E-state index is 5.58. The van der Waals surface area contributed by atoms with Crippen molar-refractivity contribution in [2.45, 2.75) is 19.8 Å². The molecular weight excluding hydrogens is 367 g/mol. The topological polar surface area (TPSA) is 40.1 Å². The average molecular weight is 396 g/mol. The first-order chi connectivity index (χ1) is 9.19. The van der Waals surface area contributed by atoms with Crippen molar-refractivity contribution < 1.29 is 4.74 Å². The molecule has 2 aliphatic heterocycles. The van der Waals surface area contributed by atoms with E-state index in [4.69, 9.17) is 4.74 Å². The van der Waals surface area contributed by atoms with Crippen molar-refractivity contribution in [1.29, 1.82) is 0 Å². The number of nitrogens with zero attached hydrogens (tertiary/aromatic N) is 3. The van der Waals surface area contributed by atoms with Crippen LogP contribution in [0.3, 0.4) is 0 Å². The third-order valence-corrected chi connectivity index (χ3v) is 4.45. The Morgan fingerprint density at radius 1 is 1.45 bits per heavy atom. The summed E-state index contributed by atoms with van der Waals surface area (Å²) in [6.45, 7) is 9.33. The summed E-state index contributed by atoms with van der Waals surface area (Å²) in [6.07, 6.45) is 2.45. The normalized spacial score (nSPS) is 26.4. The monoisotopic (exact) mass is 396 g/mol. The fraction of sp³-hybridized carbons (Fsp3) is 0.929. The molecular formula is C14H29IN4O. The van der Waals surface area contributed by atoms with Gasteiger partial charge in [-0.15, -0.1) is 24.0 Å². The van der Waals surface area contributed by atoms with Crippen LogP contribution in [-0.2, 0) is 4.74 Å². The summed E-state index contributed by atoms with van der Waals surface area (Å²) >= 11 is 0. The molecule has 1 spiro atoms. The quantitative estimate of drug-likeness (QED) is 0.441. The van der Waals surface area contributed by atoms with Gasteiger partial charge in [-0.05, 0) is 26.4 Å². The summed E-state index contributed by atoms with van der Waals surface area (Å²) < 4.78 is 5.58. The van der Waals surface area contributed by atoms with Gasteiger partial charge in [-0.25, -0.2) is 0 Å². The molecule has 2 heterocycles. The Bertz CT molecular complexity index is 318. The second-order valence-electron chi connectivity index (χ2n) is 5.84. The molecule has 5 nitrogen and oxygen atoms in total. The lowest BCUT2D eigenvalue weighted by atomic mass is 9.87. The van der Waals surface area contributed by atoms with Crippen molar-refractivity contribution >= 4 is 29.9 Å². The predicted molar refractivity (Wildman–Crippen MR) is 94.0 cm³/mol. The van der Waals surface area contributed by atoms with E-state index in [-0.39, 0.29) is 24.0 Å². The number of hydrogen-bond donors (Lipinski definition) is 1. The summed E-state index contributed by atoms with van der Waals surface area (Å²) in [5.74, 6) is 1.05. The van der Waals surface area contributed by atoms with Crippen LogP contribution in [0.2, 0.25) is 0 Å². The Balaban J connectivity index is 0.00000200. The Kier molecular flexibility index (Phi) is 7.53. The van der Waals surface area contributed by atoms with E-state index in [0.717, 1.165) is 51.9 Å². The summed E-state index contributed by atoms with van der Waals surface area (Å²) in [5.41, 5.74) is 0.401. The number of likely N-dealkylation sites (tertiary alicyclic amines) is 1. The molecule has 0 radical (unpaired) electrons. The van der Waals surface area contributed by atoms with Crippen molar-refractivity contribution in [3.63, 3.8) is 0 Å². The molecule has 6 heteroatoms. The Hall–Kier alpha value is -0.0800. The Morgan fingerprint density at radius 3 is 2.85 bits per heavy atom. The van der Waals surface area contributed by atoms with E-state index in [2.05, 4.69) is 34.1 Å². The molecule has 0 bridgehead atoms. The number of guanidine groups is 1. The van der Waals surface area contributed by atoms with Gasteiger partial charge in [0.25, 0.3) is 0 Å². The third kappa shape index (κ3) is 4.46. The van der Waals surface area contributed by atoms with Crippen LogP contribution in [-0.4, -0.2) is 75.8 Å². The first kappa shape index (κ1) is 18.0. The van der Waals surface area contributed by atoms with E-state index in [1.54, 1.807) is 0 Å². The second-order valence-corrected chi connectivity index (χ2v) is 5.84. The minimum atomic E-state index is 0. The minimum absolute atomic E-state index is 0. The number of rotatable bonds is 4. The first-order valence-electron chi connectivity index (χ1n) is 7.41. The molecule has 0 amide bonds. The van der Waals surface area contributed by atoms with E-state index in [1.807, 2.05) is 7.05 Å². The van der Waals surface area contributed by atoms with Gasteiger partial charge in [0.2, 0.25) is 0 Å². The van der Waals surface area contributed by atoms with Crippen LogP contribution < -0.4 is 5.32 Å². The van der Waals surface area contributed by atoms with Gasteiger partial charge < -0.3 is 19.9 Å². The number of ether oxygens (including phenoxy) is 1. The first-order valence-corrected chi connectivity index (χ1v) is 7.41. The highest BCUT2D eigenvalue weighted by molar-refractivity contribution is 14.0. The van der Waals surface area contributed by atoms with E-state index in [1.165, 1.54) is 12.8 Å². The number of likely N-dealkylation sites (N-methyl/N-ethyl adjacent to an activating group) is 1. The average Bonchev–Trinajstić information content (AvgIpc) is 3.05. The summed E-state index contributed by atoms with van der Waals surface area (Å²) in [7, 11) is 4.02. The zero-order valence-electron chi connectivity index (χ0n) is 13.0. The molecule has 2 fully saturated rings. The summed E-state index contributed by atoms with van der Waals surface area (Å²) in [5, 5.41) is 3.48. The lowest BCUT2D eigenvalue weighted by Gasteiger charge is -2.25. The third-order valence-electron chi connectivity index (χ3n) is 4.45. The zero-order chi connectivity index (χ0) is 13.7. The molecule has 1 N–H and O–H groups in total. The summed E-state index contributed by atoms with van der Waals surface area (Å²) in [4.78, 5) is 9.11. The van der Waals surface area contributed by atoms with Crippen LogP contribution >= 0.6 is 24.0 Å². The predicted octanol–water partition coefficient (Wildman–Crippen LogP) is 1.24. The highest BCUT2D eigenvalue weighted by atomic mass is 127. The van der Waals surface area contributed by atoms with Gasteiger partial charge in [-0.2, -0.15) is 0 Å². The van der Waals surface area contributed by atoms with Crippen LogP contribution in [0.25, 0.3) is 0 Å². The van der Waals surface area contributed by atoms with Crippen molar-refractivity contribution in [3.05, 3.63) is 0 Å². The molecule has 118 valence electrons. The number of aliphatic imine (C=N–C) groups is 1. The van der Waals surface area contributed by atoms with E-state index >= 15 is 0 Å². The zero-order valence-corrected chi connectivity index (χ0v) is 15.4. The number of halogens is 1. The molecule has 2 saturated heterocycles.